The summed E-state index contributed by atoms with van der Waals surface area (Å²) in [5.41, 5.74) is 6.32. The molecule has 2 aromatic heterocycles. The van der Waals surface area contributed by atoms with Crippen molar-refractivity contribution in [2.45, 2.75) is 13.5 Å². The third-order valence-electron chi connectivity index (χ3n) is 2.24. The van der Waals surface area contributed by atoms with Gasteiger partial charge in [-0.3, -0.25) is 0 Å². The third kappa shape index (κ3) is 3.36. The lowest BCUT2D eigenvalue weighted by molar-refractivity contribution is 0.329. The number of halogens is 1. The summed E-state index contributed by atoms with van der Waals surface area (Å²) >= 11 is 5.12. The summed E-state index contributed by atoms with van der Waals surface area (Å²) in [6.07, 6.45) is 0. The zero-order valence-corrected chi connectivity index (χ0v) is 12.3. The number of rotatable bonds is 5. The summed E-state index contributed by atoms with van der Waals surface area (Å²) in [5.74, 6) is 1.24. The summed E-state index contributed by atoms with van der Waals surface area (Å²) in [4.78, 5) is 5.55. The van der Waals surface area contributed by atoms with Crippen molar-refractivity contribution in [2.75, 3.05) is 17.7 Å². The number of hydrogen-bond acceptors (Lipinski definition) is 5. The number of anilines is 2. The molecule has 0 fully saturated rings. The zero-order chi connectivity index (χ0) is 13.0. The van der Waals surface area contributed by atoms with E-state index in [1.165, 1.54) is 4.88 Å². The van der Waals surface area contributed by atoms with Crippen LogP contribution in [0.2, 0.25) is 0 Å². The molecule has 0 aliphatic rings. The van der Waals surface area contributed by atoms with Gasteiger partial charge in [-0.2, -0.15) is 4.98 Å². The minimum absolute atomic E-state index is 0.481. The average molecular weight is 328 g/mol. The molecule has 0 aromatic carbocycles. The van der Waals surface area contributed by atoms with E-state index in [9.17, 15) is 0 Å². The second-order valence-corrected chi connectivity index (χ2v) is 5.52. The standard InChI is InChI=1S/C12H14BrN3OS/c1-2-17-12-10(14)3-4-11(16-12)15-6-9-5-8(13)7-18-9/h3-5,7H,2,6,14H2,1H3,(H,15,16). The Bertz CT molecular complexity index is 530. The fourth-order valence-corrected chi connectivity index (χ4v) is 2.82. The Hall–Kier alpha value is -1.27. The molecule has 96 valence electrons. The number of nitrogens with two attached hydrogens (primary N) is 1. The van der Waals surface area contributed by atoms with Gasteiger partial charge in [-0.15, -0.1) is 11.3 Å². The smallest absolute Gasteiger partial charge is 0.239 e. The highest BCUT2D eigenvalue weighted by atomic mass is 79.9. The van der Waals surface area contributed by atoms with Gasteiger partial charge in [0.15, 0.2) is 0 Å². The monoisotopic (exact) mass is 327 g/mol. The molecule has 3 N–H and O–H groups in total. The highest BCUT2D eigenvalue weighted by molar-refractivity contribution is 9.10. The van der Waals surface area contributed by atoms with Crippen LogP contribution in [0.3, 0.4) is 0 Å². The maximum absolute atomic E-state index is 5.77. The first-order chi connectivity index (χ1) is 8.69. The van der Waals surface area contributed by atoms with Crippen molar-refractivity contribution >= 4 is 38.8 Å². The van der Waals surface area contributed by atoms with Crippen LogP contribution in [0.5, 0.6) is 5.88 Å². The van der Waals surface area contributed by atoms with Gasteiger partial charge in [0.05, 0.1) is 18.8 Å². The first-order valence-electron chi connectivity index (χ1n) is 5.55. The van der Waals surface area contributed by atoms with E-state index in [1.807, 2.05) is 13.0 Å². The molecule has 0 amide bonds. The van der Waals surface area contributed by atoms with E-state index in [0.717, 1.165) is 16.8 Å². The molecule has 0 bridgehead atoms. The molecule has 4 nitrogen and oxygen atoms in total. The molecule has 6 heteroatoms. The number of ether oxygens (including phenoxy) is 1. The fraction of sp³-hybridized carbons (Fsp3) is 0.250. The summed E-state index contributed by atoms with van der Waals surface area (Å²) in [6, 6.07) is 5.73. The van der Waals surface area contributed by atoms with Crippen LogP contribution in [-0.2, 0) is 6.54 Å². The molecule has 0 aliphatic heterocycles. The lowest BCUT2D eigenvalue weighted by atomic mass is 10.4. The van der Waals surface area contributed by atoms with Crippen LogP contribution in [0.4, 0.5) is 11.5 Å². The Morgan fingerprint density at radius 3 is 3.00 bits per heavy atom. The van der Waals surface area contributed by atoms with E-state index in [2.05, 4.69) is 37.7 Å². The molecule has 2 heterocycles. The van der Waals surface area contributed by atoms with Crippen molar-refractivity contribution < 1.29 is 4.74 Å². The summed E-state index contributed by atoms with van der Waals surface area (Å²) < 4.78 is 6.45. The molecule has 0 radical (unpaired) electrons. The Morgan fingerprint density at radius 2 is 2.33 bits per heavy atom. The molecular weight excluding hydrogens is 314 g/mol. The average Bonchev–Trinajstić information content (AvgIpc) is 2.76. The Labute approximate surface area is 118 Å². The van der Waals surface area contributed by atoms with E-state index in [-0.39, 0.29) is 0 Å². The van der Waals surface area contributed by atoms with Crippen LogP contribution in [0.25, 0.3) is 0 Å². The van der Waals surface area contributed by atoms with Crippen molar-refractivity contribution in [1.29, 1.82) is 0 Å². The number of nitrogen functional groups attached to an aromatic ring is 1. The van der Waals surface area contributed by atoms with Crippen LogP contribution >= 0.6 is 27.3 Å². The number of thiophene rings is 1. The Kier molecular flexibility index (Phi) is 4.43. The molecule has 0 saturated carbocycles. The topological polar surface area (TPSA) is 60.2 Å². The van der Waals surface area contributed by atoms with E-state index in [4.69, 9.17) is 10.5 Å². The second-order valence-electron chi connectivity index (χ2n) is 3.61. The number of aromatic nitrogens is 1. The first-order valence-corrected chi connectivity index (χ1v) is 7.22. The number of nitrogens with zero attached hydrogens (tertiary/aromatic N) is 1. The quantitative estimate of drug-likeness (QED) is 0.882. The van der Waals surface area contributed by atoms with E-state index < -0.39 is 0 Å². The van der Waals surface area contributed by atoms with Gasteiger partial charge in [0.1, 0.15) is 5.82 Å². The Balaban J connectivity index is 2.03. The van der Waals surface area contributed by atoms with Crippen LogP contribution in [0, 0.1) is 0 Å². The van der Waals surface area contributed by atoms with Gasteiger partial charge in [-0.05, 0) is 41.1 Å². The zero-order valence-electron chi connectivity index (χ0n) is 9.94. The fourth-order valence-electron chi connectivity index (χ4n) is 1.43. The lowest BCUT2D eigenvalue weighted by Crippen LogP contribution is -2.04. The highest BCUT2D eigenvalue weighted by Crippen LogP contribution is 2.23. The maximum atomic E-state index is 5.77. The maximum Gasteiger partial charge on any atom is 0.239 e. The predicted molar refractivity (Wildman–Crippen MR) is 79.2 cm³/mol. The van der Waals surface area contributed by atoms with Gasteiger partial charge in [0, 0.05) is 14.7 Å². The molecule has 0 spiro atoms. The second kappa shape index (κ2) is 6.06. The van der Waals surface area contributed by atoms with Crippen molar-refractivity contribution in [2.24, 2.45) is 0 Å². The molecule has 2 rings (SSSR count). The van der Waals surface area contributed by atoms with Crippen LogP contribution < -0.4 is 15.8 Å². The summed E-state index contributed by atoms with van der Waals surface area (Å²) in [7, 11) is 0. The van der Waals surface area contributed by atoms with Gasteiger partial charge in [-0.1, -0.05) is 0 Å². The minimum atomic E-state index is 0.481. The molecule has 0 aliphatic carbocycles. The number of nitrogens with one attached hydrogen (secondary N) is 1. The molecule has 0 saturated heterocycles. The molecule has 0 atom stereocenters. The van der Waals surface area contributed by atoms with Gasteiger partial charge >= 0.3 is 0 Å². The highest BCUT2D eigenvalue weighted by Gasteiger charge is 2.04. The van der Waals surface area contributed by atoms with Crippen molar-refractivity contribution in [3.05, 3.63) is 32.9 Å². The summed E-state index contributed by atoms with van der Waals surface area (Å²) in [6.45, 7) is 3.20. The van der Waals surface area contributed by atoms with Crippen LogP contribution in [0.1, 0.15) is 11.8 Å². The van der Waals surface area contributed by atoms with Crippen LogP contribution in [0.15, 0.2) is 28.1 Å². The van der Waals surface area contributed by atoms with E-state index in [0.29, 0.717) is 18.2 Å². The van der Waals surface area contributed by atoms with Crippen LogP contribution in [-0.4, -0.2) is 11.6 Å². The largest absolute Gasteiger partial charge is 0.476 e. The lowest BCUT2D eigenvalue weighted by Gasteiger charge is -2.09. The Morgan fingerprint density at radius 1 is 1.50 bits per heavy atom. The first kappa shape index (κ1) is 13.2. The van der Waals surface area contributed by atoms with Gasteiger partial charge in [0.25, 0.3) is 0 Å². The molecule has 18 heavy (non-hydrogen) atoms. The molecular formula is C12H14BrN3OS. The summed E-state index contributed by atoms with van der Waals surface area (Å²) in [5, 5.41) is 5.30. The molecule has 2 aromatic rings. The van der Waals surface area contributed by atoms with Crippen molar-refractivity contribution in [3.8, 4) is 5.88 Å². The van der Waals surface area contributed by atoms with Crippen molar-refractivity contribution in [3.63, 3.8) is 0 Å². The predicted octanol–water partition coefficient (Wildman–Crippen LogP) is 3.50. The minimum Gasteiger partial charge on any atom is -0.476 e. The van der Waals surface area contributed by atoms with E-state index >= 15 is 0 Å². The van der Waals surface area contributed by atoms with Gasteiger partial charge < -0.3 is 15.8 Å². The normalized spacial score (nSPS) is 10.3. The number of hydrogen-bond donors (Lipinski definition) is 2. The molecule has 0 unspecified atom stereocenters. The third-order valence-corrected chi connectivity index (χ3v) is 3.93. The van der Waals surface area contributed by atoms with Gasteiger partial charge in [-0.25, -0.2) is 0 Å². The van der Waals surface area contributed by atoms with E-state index in [1.54, 1.807) is 17.4 Å². The van der Waals surface area contributed by atoms with Crippen molar-refractivity contribution in [1.82, 2.24) is 4.98 Å². The SMILES string of the molecule is CCOc1nc(NCc2cc(Br)cs2)ccc1N. The number of pyridine rings is 1. The van der Waals surface area contributed by atoms with Gasteiger partial charge in [0.2, 0.25) is 5.88 Å².